The molecular formula is C13H20N2O3. The quantitative estimate of drug-likeness (QED) is 0.884. The highest BCUT2D eigenvalue weighted by molar-refractivity contribution is 5.84. The summed E-state index contributed by atoms with van der Waals surface area (Å²) in [4.78, 5) is 15.1. The maximum atomic E-state index is 10.8. The van der Waals surface area contributed by atoms with Crippen LogP contribution in [0.2, 0.25) is 0 Å². The van der Waals surface area contributed by atoms with Gasteiger partial charge in [0.2, 0.25) is 5.76 Å². The van der Waals surface area contributed by atoms with E-state index in [9.17, 15) is 4.79 Å². The van der Waals surface area contributed by atoms with Gasteiger partial charge >= 0.3 is 5.97 Å². The molecule has 0 aliphatic carbocycles. The Morgan fingerprint density at radius 3 is 2.61 bits per heavy atom. The van der Waals surface area contributed by atoms with Crippen molar-refractivity contribution in [2.75, 3.05) is 38.6 Å². The van der Waals surface area contributed by atoms with E-state index in [1.54, 1.807) is 6.07 Å². The lowest BCUT2D eigenvalue weighted by Crippen LogP contribution is -2.36. The number of carbonyl (C=O) groups is 1. The number of piperidine rings is 1. The van der Waals surface area contributed by atoms with Crippen LogP contribution < -0.4 is 4.90 Å². The van der Waals surface area contributed by atoms with E-state index in [1.807, 2.05) is 0 Å². The van der Waals surface area contributed by atoms with Crippen LogP contribution in [0.5, 0.6) is 0 Å². The fraction of sp³-hybridized carbons (Fsp3) is 0.615. The SMILES string of the molecule is CN(C)CC1CCN(c2ccc(C(=O)O)o2)CC1. The van der Waals surface area contributed by atoms with Crippen LogP contribution in [0.25, 0.3) is 0 Å². The Labute approximate surface area is 107 Å². The highest BCUT2D eigenvalue weighted by atomic mass is 16.4. The molecule has 1 aliphatic rings. The van der Waals surface area contributed by atoms with Crippen molar-refractivity contribution in [1.29, 1.82) is 0 Å². The van der Waals surface area contributed by atoms with Gasteiger partial charge in [0, 0.05) is 25.7 Å². The zero-order valence-electron chi connectivity index (χ0n) is 10.9. The van der Waals surface area contributed by atoms with E-state index in [-0.39, 0.29) is 5.76 Å². The predicted molar refractivity (Wildman–Crippen MR) is 69.2 cm³/mol. The molecule has 0 amide bonds. The molecule has 0 atom stereocenters. The van der Waals surface area contributed by atoms with Crippen molar-refractivity contribution in [3.8, 4) is 0 Å². The minimum Gasteiger partial charge on any atom is -0.475 e. The first-order valence-corrected chi connectivity index (χ1v) is 6.29. The zero-order chi connectivity index (χ0) is 13.1. The molecule has 0 unspecified atom stereocenters. The maximum absolute atomic E-state index is 10.8. The van der Waals surface area contributed by atoms with Gasteiger partial charge in [0.1, 0.15) is 0 Å². The molecule has 1 aromatic rings. The molecule has 0 aromatic carbocycles. The number of carboxylic acids is 1. The Balaban J connectivity index is 1.90. The third-order valence-corrected chi connectivity index (χ3v) is 3.35. The fourth-order valence-electron chi connectivity index (χ4n) is 2.46. The van der Waals surface area contributed by atoms with Gasteiger partial charge in [-0.15, -0.1) is 0 Å². The molecule has 1 saturated heterocycles. The van der Waals surface area contributed by atoms with Crippen LogP contribution in [0.3, 0.4) is 0 Å². The van der Waals surface area contributed by atoms with Crippen LogP contribution in [0.4, 0.5) is 5.88 Å². The van der Waals surface area contributed by atoms with Gasteiger partial charge < -0.3 is 19.3 Å². The van der Waals surface area contributed by atoms with Crippen molar-refractivity contribution < 1.29 is 14.3 Å². The van der Waals surface area contributed by atoms with Crippen LogP contribution in [0.1, 0.15) is 23.4 Å². The largest absolute Gasteiger partial charge is 0.475 e. The summed E-state index contributed by atoms with van der Waals surface area (Å²) in [6.07, 6.45) is 2.25. The fourth-order valence-corrected chi connectivity index (χ4v) is 2.46. The van der Waals surface area contributed by atoms with Gasteiger partial charge in [-0.3, -0.25) is 0 Å². The molecule has 0 spiro atoms. The van der Waals surface area contributed by atoms with Gasteiger partial charge in [-0.05, 0) is 38.9 Å². The van der Waals surface area contributed by atoms with Gasteiger partial charge in [-0.1, -0.05) is 0 Å². The first kappa shape index (κ1) is 13.0. The highest BCUT2D eigenvalue weighted by Gasteiger charge is 2.22. The van der Waals surface area contributed by atoms with Gasteiger partial charge in [0.15, 0.2) is 5.88 Å². The summed E-state index contributed by atoms with van der Waals surface area (Å²) in [7, 11) is 4.19. The molecular weight excluding hydrogens is 232 g/mol. The summed E-state index contributed by atoms with van der Waals surface area (Å²) in [5, 5.41) is 8.82. The molecule has 1 N–H and O–H groups in total. The number of nitrogens with zero attached hydrogens (tertiary/aromatic N) is 2. The molecule has 1 fully saturated rings. The zero-order valence-corrected chi connectivity index (χ0v) is 10.9. The number of furan rings is 1. The van der Waals surface area contributed by atoms with Crippen molar-refractivity contribution in [2.24, 2.45) is 5.92 Å². The number of hydrogen-bond donors (Lipinski definition) is 1. The lowest BCUT2D eigenvalue weighted by molar-refractivity contribution is 0.0663. The molecule has 2 rings (SSSR count). The first-order valence-electron chi connectivity index (χ1n) is 6.29. The molecule has 0 radical (unpaired) electrons. The second-order valence-electron chi connectivity index (χ2n) is 5.14. The highest BCUT2D eigenvalue weighted by Crippen LogP contribution is 2.25. The van der Waals surface area contributed by atoms with E-state index in [2.05, 4.69) is 23.9 Å². The number of hydrogen-bond acceptors (Lipinski definition) is 4. The van der Waals surface area contributed by atoms with Crippen molar-refractivity contribution >= 4 is 11.9 Å². The van der Waals surface area contributed by atoms with Crippen LogP contribution in [0.15, 0.2) is 16.5 Å². The molecule has 18 heavy (non-hydrogen) atoms. The van der Waals surface area contributed by atoms with E-state index in [0.717, 1.165) is 38.4 Å². The summed E-state index contributed by atoms with van der Waals surface area (Å²) in [6, 6.07) is 3.26. The molecule has 2 heterocycles. The molecule has 5 heteroatoms. The Kier molecular flexibility index (Phi) is 3.91. The molecule has 5 nitrogen and oxygen atoms in total. The first-order chi connectivity index (χ1) is 8.56. The maximum Gasteiger partial charge on any atom is 0.371 e. The predicted octanol–water partition coefficient (Wildman–Crippen LogP) is 1.76. The Bertz CT molecular complexity index is 406. The third kappa shape index (κ3) is 3.04. The average Bonchev–Trinajstić information content (AvgIpc) is 2.78. The summed E-state index contributed by atoms with van der Waals surface area (Å²) in [5.41, 5.74) is 0. The number of anilines is 1. The van der Waals surface area contributed by atoms with Crippen LogP contribution in [-0.2, 0) is 0 Å². The van der Waals surface area contributed by atoms with Crippen LogP contribution in [0, 0.1) is 5.92 Å². The summed E-state index contributed by atoms with van der Waals surface area (Å²) >= 11 is 0. The summed E-state index contributed by atoms with van der Waals surface area (Å²) in [5.74, 6) is 0.407. The normalized spacial score (nSPS) is 17.4. The molecule has 0 saturated carbocycles. The minimum atomic E-state index is -1.01. The van der Waals surface area contributed by atoms with Crippen LogP contribution in [-0.4, -0.2) is 49.7 Å². The van der Waals surface area contributed by atoms with E-state index in [1.165, 1.54) is 6.07 Å². The lowest BCUT2D eigenvalue weighted by Gasteiger charge is -2.32. The smallest absolute Gasteiger partial charge is 0.371 e. The van der Waals surface area contributed by atoms with Crippen molar-refractivity contribution in [2.45, 2.75) is 12.8 Å². The second kappa shape index (κ2) is 5.44. The molecule has 0 bridgehead atoms. The van der Waals surface area contributed by atoms with E-state index in [0.29, 0.717) is 5.88 Å². The lowest BCUT2D eigenvalue weighted by atomic mass is 9.96. The number of aromatic carboxylic acids is 1. The molecule has 100 valence electrons. The summed E-state index contributed by atoms with van der Waals surface area (Å²) < 4.78 is 5.32. The van der Waals surface area contributed by atoms with Crippen molar-refractivity contribution in [1.82, 2.24) is 4.90 Å². The van der Waals surface area contributed by atoms with Gasteiger partial charge in [0.25, 0.3) is 0 Å². The Hall–Kier alpha value is -1.49. The monoisotopic (exact) mass is 252 g/mol. The minimum absolute atomic E-state index is 0.0143. The molecule has 1 aliphatic heterocycles. The van der Waals surface area contributed by atoms with Crippen molar-refractivity contribution in [3.63, 3.8) is 0 Å². The van der Waals surface area contributed by atoms with Gasteiger partial charge in [-0.25, -0.2) is 4.79 Å². The second-order valence-corrected chi connectivity index (χ2v) is 5.14. The summed E-state index contributed by atoms with van der Waals surface area (Å²) in [6.45, 7) is 2.99. The topological polar surface area (TPSA) is 56.9 Å². The van der Waals surface area contributed by atoms with Crippen molar-refractivity contribution in [3.05, 3.63) is 17.9 Å². The Morgan fingerprint density at radius 1 is 1.44 bits per heavy atom. The number of carboxylic acid groups (broad SMARTS) is 1. The van der Waals surface area contributed by atoms with Gasteiger partial charge in [-0.2, -0.15) is 0 Å². The number of rotatable bonds is 4. The Morgan fingerprint density at radius 2 is 2.11 bits per heavy atom. The van der Waals surface area contributed by atoms with Gasteiger partial charge in [0.05, 0.1) is 0 Å². The standard InChI is InChI=1S/C13H20N2O3/c1-14(2)9-10-5-7-15(8-6-10)12-4-3-11(18-12)13(16)17/h3-4,10H,5-9H2,1-2H3,(H,16,17). The third-order valence-electron chi connectivity index (χ3n) is 3.35. The molecule has 1 aromatic heterocycles. The van der Waals surface area contributed by atoms with E-state index >= 15 is 0 Å². The van der Waals surface area contributed by atoms with Crippen LogP contribution >= 0.6 is 0 Å². The average molecular weight is 252 g/mol. The van der Waals surface area contributed by atoms with E-state index in [4.69, 9.17) is 9.52 Å². The van der Waals surface area contributed by atoms with E-state index < -0.39 is 5.97 Å².